The lowest BCUT2D eigenvalue weighted by Crippen LogP contribution is -2.36. The smallest absolute Gasteiger partial charge is 0.321 e. The number of nitrogens with zero attached hydrogens (tertiary/aromatic N) is 1. The molecule has 9 heteroatoms. The Morgan fingerprint density at radius 3 is 2.73 bits per heavy atom. The van der Waals surface area contributed by atoms with Crippen LogP contribution in [0.25, 0.3) is 0 Å². The number of hydrogen-bond acceptors (Lipinski definition) is 5. The van der Waals surface area contributed by atoms with E-state index in [4.69, 9.17) is 0 Å². The molecule has 22 heavy (non-hydrogen) atoms. The zero-order chi connectivity index (χ0) is 16.0. The van der Waals surface area contributed by atoms with Crippen molar-refractivity contribution in [3.05, 3.63) is 11.1 Å². The third kappa shape index (κ3) is 5.90. The van der Waals surface area contributed by atoms with Gasteiger partial charge in [0.05, 0.1) is 6.26 Å². The van der Waals surface area contributed by atoms with Crippen LogP contribution in [-0.2, 0) is 10.0 Å². The molecule has 0 bridgehead atoms. The molecule has 1 fully saturated rings. The molecule has 124 valence electrons. The molecule has 0 atom stereocenters. The first-order valence-corrected chi connectivity index (χ1v) is 10.1. The molecular weight excluding hydrogens is 324 g/mol. The second-order valence-electron chi connectivity index (χ2n) is 5.45. The van der Waals surface area contributed by atoms with Gasteiger partial charge < -0.3 is 5.32 Å². The summed E-state index contributed by atoms with van der Waals surface area (Å²) in [5.41, 5.74) is 0. The van der Waals surface area contributed by atoms with Gasteiger partial charge >= 0.3 is 6.03 Å². The Bertz CT molecular complexity index is 594. The minimum absolute atomic E-state index is 0.164. The summed E-state index contributed by atoms with van der Waals surface area (Å²) in [5.74, 6) is 0.573. The van der Waals surface area contributed by atoms with Gasteiger partial charge in [0.1, 0.15) is 0 Å². The Morgan fingerprint density at radius 1 is 1.32 bits per heavy atom. The zero-order valence-electron chi connectivity index (χ0n) is 12.6. The van der Waals surface area contributed by atoms with Crippen molar-refractivity contribution >= 4 is 32.5 Å². The number of thiazole rings is 1. The molecule has 0 radical (unpaired) electrons. The topological polar surface area (TPSA) is 100 Å². The molecule has 0 spiro atoms. The van der Waals surface area contributed by atoms with E-state index >= 15 is 0 Å². The van der Waals surface area contributed by atoms with Gasteiger partial charge in [-0.15, -0.1) is 11.3 Å². The van der Waals surface area contributed by atoms with E-state index in [2.05, 4.69) is 20.3 Å². The molecule has 1 heterocycles. The van der Waals surface area contributed by atoms with Gasteiger partial charge in [-0.1, -0.05) is 19.3 Å². The molecule has 2 amide bonds. The predicted molar refractivity (Wildman–Crippen MR) is 87.8 cm³/mol. The normalized spacial score (nSPS) is 16.4. The molecule has 7 nitrogen and oxygen atoms in total. The number of rotatable bonds is 6. The number of aromatic nitrogens is 1. The minimum Gasteiger partial charge on any atom is -0.336 e. The summed E-state index contributed by atoms with van der Waals surface area (Å²) in [7, 11) is -3.22. The third-order valence-electron chi connectivity index (χ3n) is 3.53. The largest absolute Gasteiger partial charge is 0.336 e. The highest BCUT2D eigenvalue weighted by Crippen LogP contribution is 2.36. The van der Waals surface area contributed by atoms with Crippen LogP contribution in [-0.4, -0.2) is 38.8 Å². The highest BCUT2D eigenvalue weighted by molar-refractivity contribution is 7.88. The van der Waals surface area contributed by atoms with Gasteiger partial charge in [0.25, 0.3) is 0 Å². The molecule has 0 aliphatic heterocycles. The summed E-state index contributed by atoms with van der Waals surface area (Å²) in [6, 6.07) is -0.375. The number of anilines is 1. The number of nitrogens with one attached hydrogen (secondary N) is 3. The van der Waals surface area contributed by atoms with Crippen molar-refractivity contribution in [3.8, 4) is 0 Å². The van der Waals surface area contributed by atoms with Crippen molar-refractivity contribution in [2.75, 3.05) is 24.7 Å². The summed E-state index contributed by atoms with van der Waals surface area (Å²) in [4.78, 5) is 17.2. The number of urea groups is 1. The zero-order valence-corrected chi connectivity index (χ0v) is 14.2. The van der Waals surface area contributed by atoms with Gasteiger partial charge in [0, 0.05) is 24.2 Å². The Labute approximate surface area is 135 Å². The number of amides is 2. The van der Waals surface area contributed by atoms with Crippen LogP contribution in [0.5, 0.6) is 0 Å². The summed E-state index contributed by atoms with van der Waals surface area (Å²) in [6.45, 7) is 0.386. The van der Waals surface area contributed by atoms with Crippen LogP contribution in [0.15, 0.2) is 6.20 Å². The lowest BCUT2D eigenvalue weighted by Gasteiger charge is -2.19. The van der Waals surface area contributed by atoms with E-state index in [1.54, 1.807) is 0 Å². The summed E-state index contributed by atoms with van der Waals surface area (Å²) in [6.07, 6.45) is 9.16. The van der Waals surface area contributed by atoms with Crippen molar-refractivity contribution < 1.29 is 13.2 Å². The Hall–Kier alpha value is -1.19. The second kappa shape index (κ2) is 7.89. The molecule has 0 aromatic carbocycles. The van der Waals surface area contributed by atoms with Crippen molar-refractivity contribution in [1.29, 1.82) is 0 Å². The summed E-state index contributed by atoms with van der Waals surface area (Å²) in [5, 5.41) is 5.84. The Kier molecular flexibility index (Phi) is 6.16. The maximum atomic E-state index is 11.7. The molecular formula is C13H22N4O3S2. The van der Waals surface area contributed by atoms with E-state index in [9.17, 15) is 13.2 Å². The molecule has 1 saturated carbocycles. The minimum atomic E-state index is -3.22. The SMILES string of the molecule is CS(=O)(=O)NCCNC(=O)Nc1ncc(C2CCCCC2)s1. The number of sulfonamides is 1. The lowest BCUT2D eigenvalue weighted by molar-refractivity contribution is 0.252. The van der Waals surface area contributed by atoms with Gasteiger partial charge in [-0.25, -0.2) is 22.9 Å². The van der Waals surface area contributed by atoms with E-state index in [-0.39, 0.29) is 19.1 Å². The highest BCUT2D eigenvalue weighted by atomic mass is 32.2. The fourth-order valence-corrected chi connectivity index (χ4v) is 3.93. The fourth-order valence-electron chi connectivity index (χ4n) is 2.47. The highest BCUT2D eigenvalue weighted by Gasteiger charge is 2.18. The van der Waals surface area contributed by atoms with Gasteiger partial charge in [-0.2, -0.15) is 0 Å². The molecule has 0 unspecified atom stereocenters. The first-order chi connectivity index (χ1) is 10.4. The van der Waals surface area contributed by atoms with Crippen molar-refractivity contribution in [2.24, 2.45) is 0 Å². The average Bonchev–Trinajstić information content (AvgIpc) is 2.92. The third-order valence-corrected chi connectivity index (χ3v) is 5.33. The van der Waals surface area contributed by atoms with Gasteiger partial charge in [0.15, 0.2) is 5.13 Å². The van der Waals surface area contributed by atoms with E-state index < -0.39 is 10.0 Å². The summed E-state index contributed by atoms with van der Waals surface area (Å²) < 4.78 is 24.0. The first kappa shape index (κ1) is 17.2. The molecule has 0 saturated heterocycles. The molecule has 1 aromatic heterocycles. The number of carbonyl (C=O) groups excluding carboxylic acids is 1. The van der Waals surface area contributed by atoms with Crippen LogP contribution in [0.2, 0.25) is 0 Å². The molecule has 1 aromatic rings. The predicted octanol–water partition coefficient (Wildman–Crippen LogP) is 1.86. The quantitative estimate of drug-likeness (QED) is 0.685. The first-order valence-electron chi connectivity index (χ1n) is 7.39. The average molecular weight is 346 g/mol. The molecule has 1 aliphatic rings. The molecule has 3 N–H and O–H groups in total. The second-order valence-corrected chi connectivity index (χ2v) is 8.35. The van der Waals surface area contributed by atoms with Crippen LogP contribution >= 0.6 is 11.3 Å². The molecule has 2 rings (SSSR count). The van der Waals surface area contributed by atoms with Crippen molar-refractivity contribution in [2.45, 2.75) is 38.0 Å². The Morgan fingerprint density at radius 2 is 2.05 bits per heavy atom. The van der Waals surface area contributed by atoms with E-state index in [0.29, 0.717) is 11.0 Å². The standard InChI is InChI=1S/C13H22N4O3S2/c1-22(19,20)16-8-7-14-12(18)17-13-15-9-11(21-13)10-5-3-2-4-6-10/h9-10,16H,2-8H2,1H3,(H2,14,15,17,18). The van der Waals surface area contributed by atoms with Gasteiger partial charge in [-0.3, -0.25) is 5.32 Å². The number of hydrogen-bond donors (Lipinski definition) is 3. The molecule has 1 aliphatic carbocycles. The number of carbonyl (C=O) groups is 1. The van der Waals surface area contributed by atoms with Crippen LogP contribution in [0.3, 0.4) is 0 Å². The van der Waals surface area contributed by atoms with Gasteiger partial charge in [-0.05, 0) is 18.8 Å². The monoisotopic (exact) mass is 346 g/mol. The Balaban J connectivity index is 1.73. The van der Waals surface area contributed by atoms with Gasteiger partial charge in [0.2, 0.25) is 10.0 Å². The van der Waals surface area contributed by atoms with Crippen LogP contribution in [0, 0.1) is 0 Å². The van der Waals surface area contributed by atoms with E-state index in [1.807, 2.05) is 6.20 Å². The van der Waals surface area contributed by atoms with Crippen molar-refractivity contribution in [3.63, 3.8) is 0 Å². The maximum Gasteiger partial charge on any atom is 0.321 e. The fraction of sp³-hybridized carbons (Fsp3) is 0.692. The van der Waals surface area contributed by atoms with Crippen LogP contribution in [0.1, 0.15) is 42.9 Å². The lowest BCUT2D eigenvalue weighted by atomic mass is 9.89. The maximum absolute atomic E-state index is 11.7. The summed E-state index contributed by atoms with van der Waals surface area (Å²) >= 11 is 1.52. The van der Waals surface area contributed by atoms with Crippen LogP contribution in [0.4, 0.5) is 9.93 Å². The van der Waals surface area contributed by atoms with E-state index in [1.165, 1.54) is 48.3 Å². The van der Waals surface area contributed by atoms with Crippen molar-refractivity contribution in [1.82, 2.24) is 15.0 Å². The van der Waals surface area contributed by atoms with E-state index in [0.717, 1.165) is 6.26 Å². The van der Waals surface area contributed by atoms with Crippen LogP contribution < -0.4 is 15.4 Å².